The lowest BCUT2D eigenvalue weighted by Crippen LogP contribution is -2.40. The van der Waals surface area contributed by atoms with E-state index >= 15 is 0 Å². The maximum Gasteiger partial charge on any atom is 0.170 e. The molecule has 3 aromatic rings. The zero-order valence-electron chi connectivity index (χ0n) is 19.1. The topological polar surface area (TPSA) is 46.0 Å². The number of aryl methyl sites for hydroxylation is 2. The average Bonchev–Trinajstić information content (AvgIpc) is 3.30. The van der Waals surface area contributed by atoms with Crippen molar-refractivity contribution in [3.8, 4) is 5.82 Å². The van der Waals surface area contributed by atoms with Crippen LogP contribution in [0, 0.1) is 20.8 Å². The highest BCUT2D eigenvalue weighted by Gasteiger charge is 2.44. The van der Waals surface area contributed by atoms with Crippen LogP contribution in [0.2, 0.25) is 0 Å². The maximum atomic E-state index is 5.94. The predicted molar refractivity (Wildman–Crippen MR) is 132 cm³/mol. The summed E-state index contributed by atoms with van der Waals surface area (Å²) >= 11 is 5.94. The van der Waals surface area contributed by atoms with E-state index in [4.69, 9.17) is 17.2 Å². The van der Waals surface area contributed by atoms with Crippen molar-refractivity contribution in [2.75, 3.05) is 0 Å². The average molecular weight is 446 g/mol. The van der Waals surface area contributed by atoms with Crippen LogP contribution < -0.4 is 5.32 Å². The summed E-state index contributed by atoms with van der Waals surface area (Å²) in [5, 5.41) is 4.50. The molecule has 2 unspecified atom stereocenters. The zero-order chi connectivity index (χ0) is 22.2. The lowest BCUT2D eigenvalue weighted by atomic mass is 9.90. The molecule has 0 bridgehead atoms. The summed E-state index contributed by atoms with van der Waals surface area (Å²) in [6.45, 7) is 6.49. The number of hydrogen-bond donors (Lipinski definition) is 1. The first-order valence-electron chi connectivity index (χ1n) is 11.7. The van der Waals surface area contributed by atoms with Crippen LogP contribution in [-0.4, -0.2) is 30.6 Å². The Morgan fingerprint density at radius 3 is 2.50 bits per heavy atom. The minimum atomic E-state index is 0.0324. The van der Waals surface area contributed by atoms with Crippen molar-refractivity contribution in [3.05, 3.63) is 77.0 Å². The Morgan fingerprint density at radius 2 is 1.78 bits per heavy atom. The van der Waals surface area contributed by atoms with Crippen molar-refractivity contribution in [1.82, 2.24) is 24.8 Å². The molecule has 5 nitrogen and oxygen atoms in total. The molecular weight excluding hydrogens is 414 g/mol. The molecule has 2 aliphatic rings. The van der Waals surface area contributed by atoms with Gasteiger partial charge in [-0.25, -0.2) is 4.98 Å². The van der Waals surface area contributed by atoms with E-state index in [0.717, 1.165) is 16.6 Å². The second-order valence-corrected chi connectivity index (χ2v) is 9.57. The summed E-state index contributed by atoms with van der Waals surface area (Å²) in [6.07, 6.45) is 10.0. The van der Waals surface area contributed by atoms with Crippen molar-refractivity contribution in [2.45, 2.75) is 71.0 Å². The van der Waals surface area contributed by atoms with Gasteiger partial charge in [0.25, 0.3) is 0 Å². The number of nitrogens with one attached hydrogen (secondary N) is 1. The molecular formula is C26H31N5S. The molecule has 3 aromatic heterocycles. The van der Waals surface area contributed by atoms with Crippen molar-refractivity contribution in [2.24, 2.45) is 0 Å². The fraction of sp³-hybridized carbons (Fsp3) is 0.423. The molecule has 5 rings (SSSR count). The normalized spacial score (nSPS) is 21.7. The Balaban J connectivity index is 1.63. The van der Waals surface area contributed by atoms with Crippen LogP contribution in [0.1, 0.15) is 72.4 Å². The molecule has 0 amide bonds. The van der Waals surface area contributed by atoms with Gasteiger partial charge in [0.1, 0.15) is 5.82 Å². The van der Waals surface area contributed by atoms with Crippen molar-refractivity contribution >= 4 is 17.3 Å². The molecule has 2 fully saturated rings. The highest BCUT2D eigenvalue weighted by Crippen LogP contribution is 2.44. The van der Waals surface area contributed by atoms with Crippen LogP contribution in [0.5, 0.6) is 0 Å². The third kappa shape index (κ3) is 3.71. The molecule has 1 aliphatic heterocycles. The molecule has 2 atom stereocenters. The number of aromatic nitrogens is 3. The van der Waals surface area contributed by atoms with Gasteiger partial charge in [-0.3, -0.25) is 4.98 Å². The van der Waals surface area contributed by atoms with E-state index in [2.05, 4.69) is 64.8 Å². The van der Waals surface area contributed by atoms with Gasteiger partial charge < -0.3 is 14.8 Å². The number of pyridine rings is 2. The van der Waals surface area contributed by atoms with E-state index < -0.39 is 0 Å². The molecule has 0 spiro atoms. The quantitative estimate of drug-likeness (QED) is 0.538. The monoisotopic (exact) mass is 445 g/mol. The van der Waals surface area contributed by atoms with Gasteiger partial charge in [0.2, 0.25) is 0 Å². The minimum absolute atomic E-state index is 0.0324. The molecule has 0 aromatic carbocycles. The molecule has 1 N–H and O–H groups in total. The SMILES string of the molecule is Cc1ccnc(-n2c(C)cc(C3C(c4ccccn4)NC(=S)N3C3CCCCC3)c2C)c1. The highest BCUT2D eigenvalue weighted by atomic mass is 32.1. The highest BCUT2D eigenvalue weighted by molar-refractivity contribution is 7.80. The van der Waals surface area contributed by atoms with E-state index in [9.17, 15) is 0 Å². The van der Waals surface area contributed by atoms with Crippen molar-refractivity contribution in [3.63, 3.8) is 0 Å². The van der Waals surface area contributed by atoms with Crippen LogP contribution in [0.15, 0.2) is 48.8 Å². The van der Waals surface area contributed by atoms with Crippen LogP contribution in [0.4, 0.5) is 0 Å². The summed E-state index contributed by atoms with van der Waals surface area (Å²) in [6, 6.07) is 13.3. The number of thiocarbonyl (C=S) groups is 1. The lowest BCUT2D eigenvalue weighted by Gasteiger charge is -2.37. The van der Waals surface area contributed by atoms with Crippen molar-refractivity contribution < 1.29 is 0 Å². The third-order valence-corrected chi connectivity index (χ3v) is 7.35. The predicted octanol–water partition coefficient (Wildman–Crippen LogP) is 5.50. The van der Waals surface area contributed by atoms with Gasteiger partial charge in [0, 0.05) is 29.8 Å². The van der Waals surface area contributed by atoms with Gasteiger partial charge >= 0.3 is 0 Å². The Bertz CT molecular complexity index is 1120. The van der Waals surface area contributed by atoms with Gasteiger partial charge in [-0.2, -0.15) is 0 Å². The second-order valence-electron chi connectivity index (χ2n) is 9.18. The van der Waals surface area contributed by atoms with Gasteiger partial charge in [-0.05, 0) is 87.3 Å². The lowest BCUT2D eigenvalue weighted by molar-refractivity contribution is 0.197. The van der Waals surface area contributed by atoms with Gasteiger partial charge in [-0.15, -0.1) is 0 Å². The Labute approximate surface area is 195 Å². The standard InChI is InChI=1S/C26H31N5S/c1-17-12-14-28-23(15-17)30-18(2)16-21(19(30)3)25-24(22-11-7-8-13-27-22)29-26(32)31(25)20-9-5-4-6-10-20/h7-8,11-16,20,24-25H,4-6,9-10H2,1-3H3,(H,29,32). The smallest absolute Gasteiger partial charge is 0.170 e. The molecule has 6 heteroatoms. The van der Waals surface area contributed by atoms with Crippen LogP contribution in [0.3, 0.4) is 0 Å². The summed E-state index contributed by atoms with van der Waals surface area (Å²) in [5.41, 5.74) is 5.97. The first-order chi connectivity index (χ1) is 15.5. The Morgan fingerprint density at radius 1 is 0.969 bits per heavy atom. The zero-order valence-corrected chi connectivity index (χ0v) is 19.9. The largest absolute Gasteiger partial charge is 0.352 e. The number of hydrogen-bond acceptors (Lipinski definition) is 3. The molecule has 0 radical (unpaired) electrons. The summed E-state index contributed by atoms with van der Waals surface area (Å²) in [7, 11) is 0. The van der Waals surface area contributed by atoms with E-state index in [1.165, 1.54) is 54.6 Å². The molecule has 32 heavy (non-hydrogen) atoms. The molecule has 4 heterocycles. The summed E-state index contributed by atoms with van der Waals surface area (Å²) in [4.78, 5) is 11.9. The third-order valence-electron chi connectivity index (χ3n) is 7.02. The first-order valence-corrected chi connectivity index (χ1v) is 12.1. The second kappa shape index (κ2) is 8.66. The van der Waals surface area contributed by atoms with Crippen LogP contribution in [0.25, 0.3) is 5.82 Å². The molecule has 1 saturated heterocycles. The Hall–Kier alpha value is -2.73. The van der Waals surface area contributed by atoms with Gasteiger partial charge in [0.15, 0.2) is 5.11 Å². The van der Waals surface area contributed by atoms with E-state index in [1.54, 1.807) is 0 Å². The van der Waals surface area contributed by atoms with E-state index in [1.807, 2.05) is 24.5 Å². The number of rotatable bonds is 4. The number of nitrogens with zero attached hydrogens (tertiary/aromatic N) is 4. The summed E-state index contributed by atoms with van der Waals surface area (Å²) < 4.78 is 2.28. The Kier molecular flexibility index (Phi) is 5.72. The molecule has 166 valence electrons. The van der Waals surface area contributed by atoms with E-state index in [0.29, 0.717) is 6.04 Å². The van der Waals surface area contributed by atoms with E-state index in [-0.39, 0.29) is 12.1 Å². The molecule has 1 aliphatic carbocycles. The van der Waals surface area contributed by atoms with Crippen LogP contribution >= 0.6 is 12.2 Å². The van der Waals surface area contributed by atoms with Gasteiger partial charge in [0.05, 0.1) is 17.8 Å². The summed E-state index contributed by atoms with van der Waals surface area (Å²) in [5.74, 6) is 0.971. The fourth-order valence-electron chi connectivity index (χ4n) is 5.53. The van der Waals surface area contributed by atoms with Crippen LogP contribution in [-0.2, 0) is 0 Å². The fourth-order valence-corrected chi connectivity index (χ4v) is 5.92. The van der Waals surface area contributed by atoms with Gasteiger partial charge in [-0.1, -0.05) is 25.3 Å². The van der Waals surface area contributed by atoms with Crippen molar-refractivity contribution in [1.29, 1.82) is 0 Å². The maximum absolute atomic E-state index is 5.94. The minimum Gasteiger partial charge on any atom is -0.352 e. The first kappa shape index (κ1) is 21.1. The molecule has 1 saturated carbocycles.